The molecule has 0 radical (unpaired) electrons. The van der Waals surface area contributed by atoms with Crippen molar-refractivity contribution in [1.82, 2.24) is 10.2 Å². The lowest BCUT2D eigenvalue weighted by atomic mass is 9.89. The standard InChI is InChI=1S/C16H26N2O2/c1-18(10-11-20-2)12-16(13-19,17-15-8-9-15)14-6-4-3-5-7-14/h3-7,15,17,19H,8-13H2,1-2H3. The minimum absolute atomic E-state index is 0.102. The summed E-state index contributed by atoms with van der Waals surface area (Å²) in [6.45, 7) is 2.44. The summed E-state index contributed by atoms with van der Waals surface area (Å²) in [7, 11) is 3.79. The molecule has 1 atom stereocenters. The average molecular weight is 278 g/mol. The fourth-order valence-electron chi connectivity index (χ4n) is 2.57. The zero-order chi connectivity index (χ0) is 14.4. The fourth-order valence-corrected chi connectivity index (χ4v) is 2.57. The molecule has 112 valence electrons. The number of ether oxygens (including phenoxy) is 1. The normalized spacial score (nSPS) is 18.2. The third-order valence-electron chi connectivity index (χ3n) is 3.87. The van der Waals surface area contributed by atoms with Crippen molar-refractivity contribution in [3.63, 3.8) is 0 Å². The first kappa shape index (κ1) is 15.4. The van der Waals surface area contributed by atoms with E-state index in [1.165, 1.54) is 12.8 Å². The first-order chi connectivity index (χ1) is 9.70. The molecular weight excluding hydrogens is 252 g/mol. The van der Waals surface area contributed by atoms with Crippen molar-refractivity contribution in [2.45, 2.75) is 24.4 Å². The molecule has 0 aliphatic heterocycles. The van der Waals surface area contributed by atoms with Crippen LogP contribution in [0.4, 0.5) is 0 Å². The molecule has 2 rings (SSSR count). The molecule has 4 heteroatoms. The van der Waals surface area contributed by atoms with E-state index < -0.39 is 0 Å². The van der Waals surface area contributed by atoms with Gasteiger partial charge in [-0.15, -0.1) is 0 Å². The van der Waals surface area contributed by atoms with Crippen LogP contribution in [-0.4, -0.2) is 56.5 Å². The lowest BCUT2D eigenvalue weighted by Gasteiger charge is -2.37. The van der Waals surface area contributed by atoms with Gasteiger partial charge in [-0.3, -0.25) is 0 Å². The van der Waals surface area contributed by atoms with E-state index >= 15 is 0 Å². The molecule has 1 unspecified atom stereocenters. The highest BCUT2D eigenvalue weighted by Crippen LogP contribution is 2.29. The molecule has 4 nitrogen and oxygen atoms in total. The Bertz CT molecular complexity index is 395. The molecule has 0 bridgehead atoms. The predicted octanol–water partition coefficient (Wildman–Crippen LogP) is 1.20. The molecule has 1 aliphatic carbocycles. The van der Waals surface area contributed by atoms with Crippen LogP contribution in [0.3, 0.4) is 0 Å². The van der Waals surface area contributed by atoms with Crippen molar-refractivity contribution >= 4 is 0 Å². The number of aliphatic hydroxyl groups excluding tert-OH is 1. The molecule has 20 heavy (non-hydrogen) atoms. The molecule has 0 spiro atoms. The molecule has 0 saturated heterocycles. The van der Waals surface area contributed by atoms with Gasteiger partial charge >= 0.3 is 0 Å². The van der Waals surface area contributed by atoms with Crippen LogP contribution in [0, 0.1) is 0 Å². The molecule has 0 aromatic heterocycles. The smallest absolute Gasteiger partial charge is 0.0799 e. The highest BCUT2D eigenvalue weighted by Gasteiger charge is 2.38. The topological polar surface area (TPSA) is 44.7 Å². The summed E-state index contributed by atoms with van der Waals surface area (Å²) in [4.78, 5) is 2.21. The van der Waals surface area contributed by atoms with Crippen LogP contribution >= 0.6 is 0 Å². The minimum atomic E-state index is -0.384. The first-order valence-corrected chi connectivity index (χ1v) is 7.32. The van der Waals surface area contributed by atoms with Crippen molar-refractivity contribution in [3.05, 3.63) is 35.9 Å². The molecule has 1 saturated carbocycles. The van der Waals surface area contributed by atoms with Crippen LogP contribution in [0.5, 0.6) is 0 Å². The Labute approximate surface area is 121 Å². The molecule has 2 N–H and O–H groups in total. The maximum absolute atomic E-state index is 10.1. The van der Waals surface area contributed by atoms with E-state index in [1.807, 2.05) is 18.2 Å². The third-order valence-corrected chi connectivity index (χ3v) is 3.87. The number of rotatable bonds is 9. The summed E-state index contributed by atoms with van der Waals surface area (Å²) in [6, 6.07) is 10.8. The van der Waals surface area contributed by atoms with Gasteiger partial charge in [0.25, 0.3) is 0 Å². The Morgan fingerprint density at radius 1 is 1.35 bits per heavy atom. The van der Waals surface area contributed by atoms with E-state index in [4.69, 9.17) is 4.74 Å². The van der Waals surface area contributed by atoms with E-state index in [1.54, 1.807) is 7.11 Å². The van der Waals surface area contributed by atoms with Gasteiger partial charge in [0.15, 0.2) is 0 Å². The number of hydrogen-bond acceptors (Lipinski definition) is 4. The van der Waals surface area contributed by atoms with Crippen molar-refractivity contribution in [2.24, 2.45) is 0 Å². The number of benzene rings is 1. The van der Waals surface area contributed by atoms with Gasteiger partial charge < -0.3 is 20.1 Å². The summed E-state index contributed by atoms with van der Waals surface area (Å²) in [5.74, 6) is 0. The molecule has 1 aromatic rings. The van der Waals surface area contributed by atoms with Crippen LogP contribution in [0.1, 0.15) is 18.4 Å². The summed E-state index contributed by atoms with van der Waals surface area (Å²) in [5, 5.41) is 13.7. The molecule has 0 amide bonds. The van der Waals surface area contributed by atoms with Gasteiger partial charge in [-0.25, -0.2) is 0 Å². The largest absolute Gasteiger partial charge is 0.394 e. The highest BCUT2D eigenvalue weighted by molar-refractivity contribution is 5.26. The Morgan fingerprint density at radius 2 is 2.05 bits per heavy atom. The van der Waals surface area contributed by atoms with Crippen LogP contribution in [0.25, 0.3) is 0 Å². The van der Waals surface area contributed by atoms with Gasteiger partial charge in [-0.1, -0.05) is 30.3 Å². The second-order valence-corrected chi connectivity index (χ2v) is 5.76. The summed E-state index contributed by atoms with van der Waals surface area (Å²) >= 11 is 0. The SMILES string of the molecule is COCCN(C)CC(CO)(NC1CC1)c1ccccc1. The monoisotopic (exact) mass is 278 g/mol. The third kappa shape index (κ3) is 4.03. The van der Waals surface area contributed by atoms with Crippen LogP contribution < -0.4 is 5.32 Å². The first-order valence-electron chi connectivity index (χ1n) is 7.32. The van der Waals surface area contributed by atoms with Gasteiger partial charge in [0.2, 0.25) is 0 Å². The summed E-state index contributed by atoms with van der Waals surface area (Å²) in [6.07, 6.45) is 2.41. The molecule has 1 aliphatic rings. The molecule has 1 fully saturated rings. The quantitative estimate of drug-likeness (QED) is 0.712. The number of likely N-dealkylation sites (N-methyl/N-ethyl adjacent to an activating group) is 1. The van der Waals surface area contributed by atoms with Crippen LogP contribution in [-0.2, 0) is 10.3 Å². The van der Waals surface area contributed by atoms with Crippen molar-refractivity contribution in [2.75, 3.05) is 40.5 Å². The Morgan fingerprint density at radius 3 is 2.60 bits per heavy atom. The van der Waals surface area contributed by atoms with Gasteiger partial charge in [0, 0.05) is 26.2 Å². The number of nitrogens with zero attached hydrogens (tertiary/aromatic N) is 1. The van der Waals surface area contributed by atoms with Gasteiger partial charge in [-0.2, -0.15) is 0 Å². The second-order valence-electron chi connectivity index (χ2n) is 5.76. The maximum Gasteiger partial charge on any atom is 0.0799 e. The van der Waals surface area contributed by atoms with Crippen molar-refractivity contribution in [3.8, 4) is 0 Å². The number of methoxy groups -OCH3 is 1. The van der Waals surface area contributed by atoms with Crippen molar-refractivity contribution < 1.29 is 9.84 Å². The molecular formula is C16H26N2O2. The molecule has 0 heterocycles. The second kappa shape index (κ2) is 7.18. The van der Waals surface area contributed by atoms with E-state index in [2.05, 4.69) is 29.4 Å². The van der Waals surface area contributed by atoms with Crippen molar-refractivity contribution in [1.29, 1.82) is 0 Å². The lowest BCUT2D eigenvalue weighted by molar-refractivity contribution is 0.0969. The average Bonchev–Trinajstić information content (AvgIpc) is 3.29. The van der Waals surface area contributed by atoms with Crippen LogP contribution in [0.2, 0.25) is 0 Å². The maximum atomic E-state index is 10.1. The minimum Gasteiger partial charge on any atom is -0.394 e. The summed E-state index contributed by atoms with van der Waals surface area (Å²) < 4.78 is 5.14. The number of hydrogen-bond donors (Lipinski definition) is 2. The fraction of sp³-hybridized carbons (Fsp3) is 0.625. The number of aliphatic hydroxyl groups is 1. The van der Waals surface area contributed by atoms with E-state index in [0.717, 1.165) is 18.7 Å². The lowest BCUT2D eigenvalue weighted by Crippen LogP contribution is -2.54. The van der Waals surface area contributed by atoms with Gasteiger partial charge in [0.05, 0.1) is 18.8 Å². The van der Waals surface area contributed by atoms with E-state index in [0.29, 0.717) is 12.6 Å². The predicted molar refractivity (Wildman–Crippen MR) is 80.7 cm³/mol. The number of nitrogens with one attached hydrogen (secondary N) is 1. The van der Waals surface area contributed by atoms with E-state index in [9.17, 15) is 5.11 Å². The summed E-state index contributed by atoms with van der Waals surface area (Å²) in [5.41, 5.74) is 0.768. The van der Waals surface area contributed by atoms with E-state index in [-0.39, 0.29) is 12.1 Å². The Balaban J connectivity index is 2.13. The Hall–Kier alpha value is -0.940. The zero-order valence-corrected chi connectivity index (χ0v) is 12.5. The highest BCUT2D eigenvalue weighted by atomic mass is 16.5. The zero-order valence-electron chi connectivity index (χ0n) is 12.5. The molecule has 1 aromatic carbocycles. The van der Waals surface area contributed by atoms with Gasteiger partial charge in [-0.05, 0) is 25.5 Å². The Kier molecular flexibility index (Phi) is 5.54. The van der Waals surface area contributed by atoms with Crippen LogP contribution in [0.15, 0.2) is 30.3 Å². The van der Waals surface area contributed by atoms with Gasteiger partial charge in [0.1, 0.15) is 0 Å².